The minimum atomic E-state index is -1.60. The van der Waals surface area contributed by atoms with Crippen molar-refractivity contribution in [1.82, 2.24) is 0 Å². The number of rotatable bonds is 4. The third kappa shape index (κ3) is 3.35. The molecule has 0 aromatic heterocycles. The first-order valence-corrected chi connectivity index (χ1v) is 6.51. The van der Waals surface area contributed by atoms with E-state index < -0.39 is 33.8 Å². The fourth-order valence-corrected chi connectivity index (χ4v) is 2.76. The summed E-state index contributed by atoms with van der Waals surface area (Å²) in [5.74, 6) is -2.58. The Morgan fingerprint density at radius 3 is 2.44 bits per heavy atom. The number of carbonyl (C=O) groups is 1. The maximum absolute atomic E-state index is 13.0. The third-order valence-electron chi connectivity index (χ3n) is 2.38. The molecule has 1 rings (SSSR count). The number of hydrogen-bond donors (Lipinski definition) is 0. The lowest BCUT2D eigenvalue weighted by Crippen LogP contribution is -2.31. The summed E-state index contributed by atoms with van der Waals surface area (Å²) in [6, 6.07) is 3.02. The van der Waals surface area contributed by atoms with Gasteiger partial charge in [0.05, 0.1) is 23.3 Å². The van der Waals surface area contributed by atoms with E-state index in [0.717, 1.165) is 12.1 Å². The van der Waals surface area contributed by atoms with E-state index in [9.17, 15) is 17.8 Å². The summed E-state index contributed by atoms with van der Waals surface area (Å²) >= 11 is 0. The number of halogens is 2. The molecule has 1 aromatic rings. The zero-order chi connectivity index (χ0) is 13.9. The Labute approximate surface area is 107 Å². The summed E-state index contributed by atoms with van der Waals surface area (Å²) in [5, 5.41) is 0. The molecule has 0 saturated carbocycles. The summed E-state index contributed by atoms with van der Waals surface area (Å²) < 4.78 is 42.3. The van der Waals surface area contributed by atoms with Crippen molar-refractivity contribution in [3.8, 4) is 0 Å². The molecule has 1 aromatic carbocycles. The first-order chi connectivity index (χ1) is 8.27. The van der Waals surface area contributed by atoms with Crippen molar-refractivity contribution in [2.75, 3.05) is 12.9 Å². The number of benzene rings is 1. The van der Waals surface area contributed by atoms with Gasteiger partial charge in [0.15, 0.2) is 11.6 Å². The number of hydrogen-bond acceptors (Lipinski definition) is 3. The fourth-order valence-electron chi connectivity index (χ4n) is 1.36. The Morgan fingerprint density at radius 2 is 1.94 bits per heavy atom. The van der Waals surface area contributed by atoms with Crippen molar-refractivity contribution >= 4 is 16.8 Å². The van der Waals surface area contributed by atoms with E-state index in [1.54, 1.807) is 13.8 Å². The molecule has 100 valence electrons. The van der Waals surface area contributed by atoms with Crippen LogP contribution in [0.25, 0.3) is 0 Å². The Morgan fingerprint density at radius 1 is 1.33 bits per heavy atom. The SMILES string of the molecule is COC(=O)C(C)(C)CS(=O)c1ccc(F)c(F)c1. The summed E-state index contributed by atoms with van der Waals surface area (Å²) in [7, 11) is -0.360. The number of esters is 1. The Kier molecular flexibility index (Phi) is 4.56. The smallest absolute Gasteiger partial charge is 0.312 e. The molecule has 3 nitrogen and oxygen atoms in total. The molecule has 0 aliphatic rings. The Balaban J connectivity index is 2.89. The molecule has 0 amide bonds. The van der Waals surface area contributed by atoms with Gasteiger partial charge in [0, 0.05) is 10.6 Å². The Hall–Kier alpha value is -1.30. The summed E-state index contributed by atoms with van der Waals surface area (Å²) in [5.41, 5.74) is -0.954. The molecule has 0 heterocycles. The average molecular weight is 276 g/mol. The van der Waals surface area contributed by atoms with Crippen LogP contribution in [-0.2, 0) is 20.3 Å². The van der Waals surface area contributed by atoms with Crippen molar-refractivity contribution in [2.45, 2.75) is 18.7 Å². The predicted octanol–water partition coefficient (Wildman–Crippen LogP) is 2.27. The molecule has 0 fully saturated rings. The summed E-state index contributed by atoms with van der Waals surface area (Å²) in [6.07, 6.45) is 0. The lowest BCUT2D eigenvalue weighted by molar-refractivity contribution is -0.149. The van der Waals surface area contributed by atoms with E-state index in [4.69, 9.17) is 0 Å². The average Bonchev–Trinajstić information content (AvgIpc) is 2.30. The quantitative estimate of drug-likeness (QED) is 0.792. The van der Waals surface area contributed by atoms with E-state index >= 15 is 0 Å². The molecule has 1 atom stereocenters. The monoisotopic (exact) mass is 276 g/mol. The Bertz CT molecular complexity index is 486. The minimum Gasteiger partial charge on any atom is -0.469 e. The van der Waals surface area contributed by atoms with Gasteiger partial charge >= 0.3 is 5.97 Å². The summed E-state index contributed by atoms with van der Waals surface area (Å²) in [4.78, 5) is 11.6. The molecule has 0 aliphatic carbocycles. The van der Waals surface area contributed by atoms with Crippen LogP contribution in [0.15, 0.2) is 23.1 Å². The minimum absolute atomic E-state index is 0.0231. The van der Waals surface area contributed by atoms with Crippen LogP contribution in [0.3, 0.4) is 0 Å². The van der Waals surface area contributed by atoms with Gasteiger partial charge in [0.2, 0.25) is 0 Å². The van der Waals surface area contributed by atoms with Crippen molar-refractivity contribution < 1.29 is 22.5 Å². The van der Waals surface area contributed by atoms with Gasteiger partial charge in [-0.3, -0.25) is 9.00 Å². The molecule has 0 aliphatic heterocycles. The highest BCUT2D eigenvalue weighted by Gasteiger charge is 2.31. The van der Waals surface area contributed by atoms with Gasteiger partial charge in [0.25, 0.3) is 0 Å². The standard InChI is InChI=1S/C12H14F2O3S/c1-12(2,11(15)17-3)7-18(16)8-4-5-9(13)10(14)6-8/h4-6H,7H2,1-3H3. The fraction of sp³-hybridized carbons (Fsp3) is 0.417. The van der Waals surface area contributed by atoms with Crippen molar-refractivity contribution in [1.29, 1.82) is 0 Å². The normalized spacial score (nSPS) is 13.2. The van der Waals surface area contributed by atoms with Gasteiger partial charge in [-0.05, 0) is 32.0 Å². The van der Waals surface area contributed by atoms with E-state index in [-0.39, 0.29) is 10.6 Å². The van der Waals surface area contributed by atoms with Crippen LogP contribution in [-0.4, -0.2) is 23.0 Å². The van der Waals surface area contributed by atoms with E-state index in [1.165, 1.54) is 13.2 Å². The molecule has 0 spiro atoms. The van der Waals surface area contributed by atoms with Crippen molar-refractivity contribution in [3.63, 3.8) is 0 Å². The molecule has 1 unspecified atom stereocenters. The van der Waals surface area contributed by atoms with Crippen LogP contribution in [0, 0.1) is 17.0 Å². The van der Waals surface area contributed by atoms with Gasteiger partial charge in [-0.15, -0.1) is 0 Å². The van der Waals surface area contributed by atoms with Gasteiger partial charge in [-0.1, -0.05) is 0 Å². The highest BCUT2D eigenvalue weighted by molar-refractivity contribution is 7.85. The molecule has 0 N–H and O–H groups in total. The van der Waals surface area contributed by atoms with E-state index in [0.29, 0.717) is 0 Å². The molecule has 0 saturated heterocycles. The number of ether oxygens (including phenoxy) is 1. The van der Waals surface area contributed by atoms with Crippen LogP contribution in [0.4, 0.5) is 8.78 Å². The summed E-state index contributed by atoms with van der Waals surface area (Å²) in [6.45, 7) is 3.16. The number of methoxy groups -OCH3 is 1. The zero-order valence-electron chi connectivity index (χ0n) is 10.3. The number of carbonyl (C=O) groups excluding carboxylic acids is 1. The second-order valence-corrected chi connectivity index (χ2v) is 5.89. The first-order valence-electron chi connectivity index (χ1n) is 5.20. The van der Waals surface area contributed by atoms with Gasteiger partial charge in [-0.25, -0.2) is 8.78 Å². The van der Waals surface area contributed by atoms with Gasteiger partial charge < -0.3 is 4.74 Å². The molecular formula is C12H14F2O3S. The van der Waals surface area contributed by atoms with Crippen LogP contribution < -0.4 is 0 Å². The van der Waals surface area contributed by atoms with Crippen LogP contribution >= 0.6 is 0 Å². The lowest BCUT2D eigenvalue weighted by Gasteiger charge is -2.20. The second-order valence-electron chi connectivity index (χ2n) is 4.44. The van der Waals surface area contributed by atoms with Crippen LogP contribution in [0.5, 0.6) is 0 Å². The third-order valence-corrected chi connectivity index (χ3v) is 4.15. The highest BCUT2D eigenvalue weighted by atomic mass is 32.2. The highest BCUT2D eigenvalue weighted by Crippen LogP contribution is 2.22. The lowest BCUT2D eigenvalue weighted by atomic mass is 9.97. The van der Waals surface area contributed by atoms with Crippen molar-refractivity contribution in [3.05, 3.63) is 29.8 Å². The van der Waals surface area contributed by atoms with E-state index in [2.05, 4.69) is 4.74 Å². The van der Waals surface area contributed by atoms with Gasteiger partial charge in [0.1, 0.15) is 0 Å². The van der Waals surface area contributed by atoms with E-state index in [1.807, 2.05) is 0 Å². The maximum Gasteiger partial charge on any atom is 0.312 e. The second kappa shape index (κ2) is 5.56. The zero-order valence-corrected chi connectivity index (χ0v) is 11.1. The van der Waals surface area contributed by atoms with Crippen LogP contribution in [0.1, 0.15) is 13.8 Å². The van der Waals surface area contributed by atoms with Crippen LogP contribution in [0.2, 0.25) is 0 Å². The molecule has 0 radical (unpaired) electrons. The predicted molar refractivity (Wildman–Crippen MR) is 63.4 cm³/mol. The van der Waals surface area contributed by atoms with Gasteiger partial charge in [-0.2, -0.15) is 0 Å². The maximum atomic E-state index is 13.0. The molecule has 0 bridgehead atoms. The largest absolute Gasteiger partial charge is 0.469 e. The molecular weight excluding hydrogens is 262 g/mol. The first kappa shape index (κ1) is 14.8. The van der Waals surface area contributed by atoms with Crippen molar-refractivity contribution in [2.24, 2.45) is 5.41 Å². The molecule has 6 heteroatoms. The topological polar surface area (TPSA) is 43.4 Å². The molecule has 18 heavy (non-hydrogen) atoms.